The first-order chi connectivity index (χ1) is 22.5. The lowest BCUT2D eigenvalue weighted by Gasteiger charge is -2.29. The van der Waals surface area contributed by atoms with Crippen LogP contribution in [0.1, 0.15) is 175 Å². The second-order valence-corrected chi connectivity index (χ2v) is 16.2. The SMILES string of the molecule is CCCCCCCCCCCCCCCCCC(=O)OCC(COP(=O)([O-])OCC[N+](C)(C)C)OCC(CCC)CCCCCCC. The number of ether oxygens (including phenoxy) is 2. The molecule has 0 aromatic heterocycles. The molecule has 0 aromatic rings. The third kappa shape index (κ3) is 33.8. The van der Waals surface area contributed by atoms with E-state index in [-0.39, 0.29) is 25.8 Å². The van der Waals surface area contributed by atoms with Crippen LogP contribution in [0.5, 0.6) is 0 Å². The lowest BCUT2D eigenvalue weighted by Crippen LogP contribution is -2.37. The van der Waals surface area contributed by atoms with Crippen molar-refractivity contribution in [3.05, 3.63) is 0 Å². The Morgan fingerprint density at radius 1 is 0.617 bits per heavy atom. The van der Waals surface area contributed by atoms with Crippen molar-refractivity contribution < 1.29 is 37.3 Å². The summed E-state index contributed by atoms with van der Waals surface area (Å²) in [6.45, 7) is 7.48. The topological polar surface area (TPSA) is 94.1 Å². The Bertz CT molecular complexity index is 746. The third-order valence-electron chi connectivity index (χ3n) is 8.83. The summed E-state index contributed by atoms with van der Waals surface area (Å²) in [5.74, 6) is 0.124. The van der Waals surface area contributed by atoms with Gasteiger partial charge in [0, 0.05) is 6.42 Å². The highest BCUT2D eigenvalue weighted by atomic mass is 31.2. The molecule has 3 unspecified atom stereocenters. The number of esters is 1. The van der Waals surface area contributed by atoms with Gasteiger partial charge in [0.1, 0.15) is 25.9 Å². The van der Waals surface area contributed by atoms with Crippen molar-refractivity contribution in [3.8, 4) is 0 Å². The van der Waals surface area contributed by atoms with Gasteiger partial charge in [-0.3, -0.25) is 9.36 Å². The van der Waals surface area contributed by atoms with Crippen molar-refractivity contribution >= 4 is 13.8 Å². The van der Waals surface area contributed by atoms with E-state index in [4.69, 9.17) is 18.5 Å². The summed E-state index contributed by atoms with van der Waals surface area (Å²) in [4.78, 5) is 24.9. The minimum Gasteiger partial charge on any atom is -0.756 e. The van der Waals surface area contributed by atoms with Gasteiger partial charge in [-0.1, -0.05) is 149 Å². The summed E-state index contributed by atoms with van der Waals surface area (Å²) >= 11 is 0. The number of phosphoric acid groups is 1. The van der Waals surface area contributed by atoms with E-state index in [9.17, 15) is 14.3 Å². The Balaban J connectivity index is 4.46. The minimum absolute atomic E-state index is 0.0220. The van der Waals surface area contributed by atoms with Gasteiger partial charge in [-0.15, -0.1) is 0 Å². The Morgan fingerprint density at radius 3 is 1.60 bits per heavy atom. The molecule has 0 spiro atoms. The van der Waals surface area contributed by atoms with Crippen LogP contribution >= 0.6 is 7.82 Å². The largest absolute Gasteiger partial charge is 0.756 e. The molecule has 0 amide bonds. The van der Waals surface area contributed by atoms with Crippen molar-refractivity contribution in [2.24, 2.45) is 5.92 Å². The maximum atomic E-state index is 12.5. The number of hydrogen-bond acceptors (Lipinski definition) is 7. The van der Waals surface area contributed by atoms with Gasteiger partial charge in [0.05, 0.1) is 34.4 Å². The summed E-state index contributed by atoms with van der Waals surface area (Å²) < 4.78 is 35.0. The number of carbonyl (C=O) groups is 1. The predicted octanol–water partition coefficient (Wildman–Crippen LogP) is 10.2. The van der Waals surface area contributed by atoms with E-state index in [2.05, 4.69) is 20.8 Å². The molecule has 9 heteroatoms. The van der Waals surface area contributed by atoms with Crippen molar-refractivity contribution in [2.45, 2.75) is 181 Å². The van der Waals surface area contributed by atoms with Crippen LogP contribution in [0.3, 0.4) is 0 Å². The zero-order valence-electron chi connectivity index (χ0n) is 31.9. The zero-order valence-corrected chi connectivity index (χ0v) is 32.8. The van der Waals surface area contributed by atoms with Gasteiger partial charge < -0.3 is 27.9 Å². The Kier molecular flexibility index (Phi) is 31.1. The maximum Gasteiger partial charge on any atom is 0.305 e. The normalized spacial score (nSPS) is 14.6. The fourth-order valence-corrected chi connectivity index (χ4v) is 6.44. The Labute approximate surface area is 291 Å². The molecule has 47 heavy (non-hydrogen) atoms. The quantitative estimate of drug-likeness (QED) is 0.0279. The summed E-state index contributed by atoms with van der Waals surface area (Å²) in [5, 5.41) is 0. The van der Waals surface area contributed by atoms with E-state index in [1.807, 2.05) is 21.1 Å². The first-order valence-electron chi connectivity index (χ1n) is 19.7. The molecule has 8 nitrogen and oxygen atoms in total. The average Bonchev–Trinajstić information content (AvgIpc) is 3.01. The Morgan fingerprint density at radius 2 is 1.11 bits per heavy atom. The minimum atomic E-state index is -4.50. The molecule has 0 bridgehead atoms. The standard InChI is InChI=1S/C38H78NO7P/c1-7-10-12-14-15-16-17-18-19-20-21-22-23-25-27-30-38(40)44-34-37(35-46-47(41,42)45-32-31-39(4,5)6)43-33-36(28-9-3)29-26-24-13-11-8-2/h36-37H,7-35H2,1-6H3. The van der Waals surface area contributed by atoms with Crippen LogP contribution in [-0.4, -0.2) is 70.7 Å². The first kappa shape index (κ1) is 46.5. The van der Waals surface area contributed by atoms with Gasteiger partial charge in [0.25, 0.3) is 7.82 Å². The first-order valence-corrected chi connectivity index (χ1v) is 21.2. The summed E-state index contributed by atoms with van der Waals surface area (Å²) in [6.07, 6.45) is 28.2. The molecule has 0 saturated carbocycles. The average molecular weight is 692 g/mol. The van der Waals surface area contributed by atoms with Crippen LogP contribution in [-0.2, 0) is 27.9 Å². The number of phosphoric ester groups is 1. The van der Waals surface area contributed by atoms with Gasteiger partial charge in [0.2, 0.25) is 0 Å². The molecule has 0 fully saturated rings. The summed E-state index contributed by atoms with van der Waals surface area (Å²) in [7, 11) is 1.40. The van der Waals surface area contributed by atoms with E-state index in [0.29, 0.717) is 30.0 Å². The number of unbranched alkanes of at least 4 members (excludes halogenated alkanes) is 18. The van der Waals surface area contributed by atoms with E-state index in [0.717, 1.165) is 38.5 Å². The van der Waals surface area contributed by atoms with Gasteiger partial charge >= 0.3 is 5.97 Å². The number of carbonyl (C=O) groups excluding carboxylic acids is 1. The molecule has 0 rings (SSSR count). The second kappa shape index (κ2) is 31.5. The van der Waals surface area contributed by atoms with Gasteiger partial charge in [-0.25, -0.2) is 0 Å². The second-order valence-electron chi connectivity index (χ2n) is 14.8. The number of hydrogen-bond donors (Lipinski definition) is 0. The van der Waals surface area contributed by atoms with E-state index < -0.39 is 13.9 Å². The molecule has 0 aliphatic heterocycles. The van der Waals surface area contributed by atoms with E-state index in [1.54, 1.807) is 0 Å². The monoisotopic (exact) mass is 692 g/mol. The molecule has 0 N–H and O–H groups in total. The highest BCUT2D eigenvalue weighted by Gasteiger charge is 2.20. The van der Waals surface area contributed by atoms with Crippen LogP contribution in [0.4, 0.5) is 0 Å². The van der Waals surface area contributed by atoms with Crippen LogP contribution in [0.15, 0.2) is 0 Å². The third-order valence-corrected chi connectivity index (χ3v) is 9.79. The fourth-order valence-electron chi connectivity index (χ4n) is 5.71. The Hall–Kier alpha value is -0.500. The predicted molar refractivity (Wildman–Crippen MR) is 194 cm³/mol. The summed E-state index contributed by atoms with van der Waals surface area (Å²) in [5.41, 5.74) is 0. The van der Waals surface area contributed by atoms with E-state index in [1.165, 1.54) is 109 Å². The van der Waals surface area contributed by atoms with Crippen molar-refractivity contribution in [3.63, 3.8) is 0 Å². The fraction of sp³-hybridized carbons (Fsp3) is 0.974. The smallest absolute Gasteiger partial charge is 0.305 e. The van der Waals surface area contributed by atoms with Crippen molar-refractivity contribution in [1.82, 2.24) is 0 Å². The molecule has 282 valence electrons. The number of nitrogens with zero attached hydrogens (tertiary/aromatic N) is 1. The summed E-state index contributed by atoms with van der Waals surface area (Å²) in [6, 6.07) is 0. The highest BCUT2D eigenvalue weighted by Crippen LogP contribution is 2.38. The molecule has 0 saturated heterocycles. The molecular weight excluding hydrogens is 613 g/mol. The number of rotatable bonds is 36. The molecule has 0 aliphatic rings. The van der Waals surface area contributed by atoms with Crippen LogP contribution in [0.25, 0.3) is 0 Å². The van der Waals surface area contributed by atoms with Gasteiger partial charge in [-0.05, 0) is 25.2 Å². The van der Waals surface area contributed by atoms with Gasteiger partial charge in [-0.2, -0.15) is 0 Å². The van der Waals surface area contributed by atoms with E-state index >= 15 is 0 Å². The van der Waals surface area contributed by atoms with Crippen molar-refractivity contribution in [1.29, 1.82) is 0 Å². The molecular formula is C38H78NO7P. The van der Waals surface area contributed by atoms with Crippen LogP contribution in [0, 0.1) is 5.92 Å². The zero-order chi connectivity index (χ0) is 35.1. The van der Waals surface area contributed by atoms with Gasteiger partial charge in [0.15, 0.2) is 0 Å². The number of likely N-dealkylation sites (N-methyl/N-ethyl adjacent to an activating group) is 1. The lowest BCUT2D eigenvalue weighted by molar-refractivity contribution is -0.870. The lowest BCUT2D eigenvalue weighted by atomic mass is 9.97. The van der Waals surface area contributed by atoms with Crippen LogP contribution < -0.4 is 4.89 Å². The molecule has 0 aromatic carbocycles. The molecule has 3 atom stereocenters. The van der Waals surface area contributed by atoms with Crippen LogP contribution in [0.2, 0.25) is 0 Å². The highest BCUT2D eigenvalue weighted by molar-refractivity contribution is 7.45. The maximum absolute atomic E-state index is 12.5. The molecule has 0 aliphatic carbocycles. The molecule has 0 heterocycles. The number of quaternary nitrogens is 1. The molecule has 0 radical (unpaired) electrons. The van der Waals surface area contributed by atoms with Crippen molar-refractivity contribution in [2.75, 3.05) is 54.1 Å².